The third kappa shape index (κ3) is 3.04. The molecular formula is C13H17NO2S. The van der Waals surface area contributed by atoms with Gasteiger partial charge in [0.2, 0.25) is 0 Å². The molecule has 1 unspecified atom stereocenters. The van der Waals surface area contributed by atoms with Crippen molar-refractivity contribution in [2.45, 2.75) is 12.6 Å². The zero-order valence-electron chi connectivity index (χ0n) is 9.84. The number of nitrogens with zero attached hydrogens (tertiary/aromatic N) is 1. The highest BCUT2D eigenvalue weighted by molar-refractivity contribution is 7.17. The standard InChI is InChI=1S/C13H17NO2S/c1-14(7-11(16)8-15)6-10-9-17-13-5-3-2-4-12(10)13/h2-5,9,11,15-16H,6-8H2,1H3. The van der Waals surface area contributed by atoms with Crippen LogP contribution < -0.4 is 0 Å². The highest BCUT2D eigenvalue weighted by Gasteiger charge is 2.09. The Morgan fingerprint density at radius 2 is 2.12 bits per heavy atom. The summed E-state index contributed by atoms with van der Waals surface area (Å²) in [5, 5.41) is 21.6. The van der Waals surface area contributed by atoms with E-state index < -0.39 is 6.10 Å². The third-order valence-corrected chi connectivity index (χ3v) is 3.75. The van der Waals surface area contributed by atoms with Crippen molar-refractivity contribution in [3.63, 3.8) is 0 Å². The van der Waals surface area contributed by atoms with E-state index in [-0.39, 0.29) is 6.61 Å². The zero-order valence-corrected chi connectivity index (χ0v) is 10.7. The lowest BCUT2D eigenvalue weighted by molar-refractivity contribution is 0.0649. The zero-order chi connectivity index (χ0) is 12.3. The summed E-state index contributed by atoms with van der Waals surface area (Å²) >= 11 is 1.74. The van der Waals surface area contributed by atoms with Crippen molar-refractivity contribution < 1.29 is 10.2 Å². The van der Waals surface area contributed by atoms with Crippen LogP contribution in [0, 0.1) is 0 Å². The molecule has 1 aromatic carbocycles. The summed E-state index contributed by atoms with van der Waals surface area (Å²) < 4.78 is 1.29. The van der Waals surface area contributed by atoms with Crippen molar-refractivity contribution in [1.29, 1.82) is 0 Å². The number of hydrogen-bond donors (Lipinski definition) is 2. The molecule has 0 saturated carbocycles. The van der Waals surface area contributed by atoms with Crippen molar-refractivity contribution in [1.82, 2.24) is 4.90 Å². The fraction of sp³-hybridized carbons (Fsp3) is 0.385. The molecule has 0 fully saturated rings. The van der Waals surface area contributed by atoms with E-state index >= 15 is 0 Å². The van der Waals surface area contributed by atoms with Gasteiger partial charge in [0.1, 0.15) is 0 Å². The maximum atomic E-state index is 9.38. The van der Waals surface area contributed by atoms with E-state index in [4.69, 9.17) is 5.11 Å². The van der Waals surface area contributed by atoms with Gasteiger partial charge in [0.25, 0.3) is 0 Å². The maximum absolute atomic E-state index is 9.38. The van der Waals surface area contributed by atoms with Crippen molar-refractivity contribution in [3.05, 3.63) is 35.2 Å². The lowest BCUT2D eigenvalue weighted by Gasteiger charge is -2.18. The van der Waals surface area contributed by atoms with Crippen LogP contribution in [0.25, 0.3) is 10.1 Å². The summed E-state index contributed by atoms with van der Waals surface area (Å²) in [6.07, 6.45) is -0.662. The molecule has 0 amide bonds. The number of likely N-dealkylation sites (N-methyl/N-ethyl adjacent to an activating group) is 1. The maximum Gasteiger partial charge on any atom is 0.0897 e. The molecule has 92 valence electrons. The van der Waals surface area contributed by atoms with Crippen molar-refractivity contribution in [2.24, 2.45) is 0 Å². The van der Waals surface area contributed by atoms with Crippen molar-refractivity contribution >= 4 is 21.4 Å². The van der Waals surface area contributed by atoms with E-state index in [1.165, 1.54) is 15.6 Å². The largest absolute Gasteiger partial charge is 0.394 e. The molecule has 0 saturated heterocycles. The Balaban J connectivity index is 2.08. The van der Waals surface area contributed by atoms with Crippen LogP contribution in [0.5, 0.6) is 0 Å². The molecule has 0 spiro atoms. The Labute approximate surface area is 105 Å². The number of thiophene rings is 1. The molecule has 2 aromatic rings. The van der Waals surface area contributed by atoms with Crippen LogP contribution in [-0.4, -0.2) is 41.4 Å². The molecule has 4 heteroatoms. The van der Waals surface area contributed by atoms with E-state index in [0.29, 0.717) is 6.54 Å². The van der Waals surface area contributed by atoms with Gasteiger partial charge in [-0.3, -0.25) is 4.90 Å². The molecule has 17 heavy (non-hydrogen) atoms. The monoisotopic (exact) mass is 251 g/mol. The van der Waals surface area contributed by atoms with Gasteiger partial charge < -0.3 is 10.2 Å². The van der Waals surface area contributed by atoms with Crippen LogP contribution in [-0.2, 0) is 6.54 Å². The van der Waals surface area contributed by atoms with Gasteiger partial charge in [-0.25, -0.2) is 0 Å². The quantitative estimate of drug-likeness (QED) is 0.850. The number of benzene rings is 1. The van der Waals surface area contributed by atoms with E-state index in [1.807, 2.05) is 24.1 Å². The molecule has 2 rings (SSSR count). The molecule has 3 nitrogen and oxygen atoms in total. The Kier molecular flexibility index (Phi) is 4.12. The number of aliphatic hydroxyl groups excluding tert-OH is 2. The van der Waals surface area contributed by atoms with E-state index in [9.17, 15) is 5.11 Å². The summed E-state index contributed by atoms with van der Waals surface area (Å²) in [5.74, 6) is 0. The Bertz CT molecular complexity index is 483. The van der Waals surface area contributed by atoms with Crippen LogP contribution >= 0.6 is 11.3 Å². The minimum absolute atomic E-state index is 0.186. The highest BCUT2D eigenvalue weighted by atomic mass is 32.1. The molecular weight excluding hydrogens is 234 g/mol. The Morgan fingerprint density at radius 3 is 2.88 bits per heavy atom. The molecule has 1 atom stereocenters. The van der Waals surface area contributed by atoms with Crippen LogP contribution in [0.1, 0.15) is 5.56 Å². The average molecular weight is 251 g/mol. The highest BCUT2D eigenvalue weighted by Crippen LogP contribution is 2.26. The molecule has 0 aliphatic rings. The first kappa shape index (κ1) is 12.5. The van der Waals surface area contributed by atoms with Gasteiger partial charge in [-0.05, 0) is 29.4 Å². The first-order chi connectivity index (χ1) is 8.20. The second-order valence-corrected chi connectivity index (χ2v) is 5.20. The van der Waals surface area contributed by atoms with Gasteiger partial charge in [0.05, 0.1) is 12.7 Å². The topological polar surface area (TPSA) is 43.7 Å². The van der Waals surface area contributed by atoms with Gasteiger partial charge in [-0.1, -0.05) is 18.2 Å². The minimum Gasteiger partial charge on any atom is -0.394 e. The summed E-state index contributed by atoms with van der Waals surface area (Å²) in [6.45, 7) is 1.09. The molecule has 0 aliphatic carbocycles. The molecule has 2 N–H and O–H groups in total. The van der Waals surface area contributed by atoms with E-state index in [2.05, 4.69) is 17.5 Å². The van der Waals surface area contributed by atoms with Crippen LogP contribution in [0.15, 0.2) is 29.6 Å². The van der Waals surface area contributed by atoms with Crippen LogP contribution in [0.2, 0.25) is 0 Å². The molecule has 0 bridgehead atoms. The number of hydrogen-bond acceptors (Lipinski definition) is 4. The summed E-state index contributed by atoms with van der Waals surface area (Å²) in [5.41, 5.74) is 1.28. The first-order valence-electron chi connectivity index (χ1n) is 5.63. The normalized spacial score (nSPS) is 13.4. The minimum atomic E-state index is -0.662. The van der Waals surface area contributed by atoms with Crippen LogP contribution in [0.4, 0.5) is 0 Å². The summed E-state index contributed by atoms with van der Waals surface area (Å²) in [6, 6.07) is 8.33. The molecule has 0 aliphatic heterocycles. The smallest absolute Gasteiger partial charge is 0.0897 e. The lowest BCUT2D eigenvalue weighted by Crippen LogP contribution is -2.30. The Morgan fingerprint density at radius 1 is 1.35 bits per heavy atom. The van der Waals surface area contributed by atoms with Gasteiger partial charge in [0.15, 0.2) is 0 Å². The number of rotatable bonds is 5. The first-order valence-corrected chi connectivity index (χ1v) is 6.51. The van der Waals surface area contributed by atoms with Gasteiger partial charge >= 0.3 is 0 Å². The molecule has 1 aromatic heterocycles. The van der Waals surface area contributed by atoms with Crippen molar-refractivity contribution in [3.8, 4) is 0 Å². The van der Waals surface area contributed by atoms with Gasteiger partial charge in [-0.15, -0.1) is 11.3 Å². The van der Waals surface area contributed by atoms with Gasteiger partial charge in [-0.2, -0.15) is 0 Å². The molecule has 0 radical (unpaired) electrons. The van der Waals surface area contributed by atoms with E-state index in [1.54, 1.807) is 11.3 Å². The summed E-state index contributed by atoms with van der Waals surface area (Å²) in [7, 11) is 1.95. The lowest BCUT2D eigenvalue weighted by atomic mass is 10.1. The van der Waals surface area contributed by atoms with Gasteiger partial charge in [0, 0.05) is 17.8 Å². The SMILES string of the molecule is CN(Cc1csc2ccccc12)CC(O)CO. The second kappa shape index (κ2) is 5.60. The fourth-order valence-electron chi connectivity index (χ4n) is 1.93. The number of fused-ring (bicyclic) bond motifs is 1. The molecule has 1 heterocycles. The predicted octanol–water partition coefficient (Wildman–Crippen LogP) is 1.69. The third-order valence-electron chi connectivity index (χ3n) is 2.73. The summed E-state index contributed by atoms with van der Waals surface area (Å²) in [4.78, 5) is 2.02. The fourth-order valence-corrected chi connectivity index (χ4v) is 2.88. The van der Waals surface area contributed by atoms with E-state index in [0.717, 1.165) is 6.54 Å². The average Bonchev–Trinajstić information content (AvgIpc) is 2.72. The number of aliphatic hydroxyl groups is 2. The van der Waals surface area contributed by atoms with Crippen molar-refractivity contribution in [2.75, 3.05) is 20.2 Å². The second-order valence-electron chi connectivity index (χ2n) is 4.29. The Hall–Kier alpha value is -0.940. The predicted molar refractivity (Wildman–Crippen MR) is 71.3 cm³/mol. The van der Waals surface area contributed by atoms with Crippen LogP contribution in [0.3, 0.4) is 0 Å².